The molecule has 1 aromatic rings. The van der Waals surface area contributed by atoms with Gasteiger partial charge in [0.1, 0.15) is 5.60 Å². The number of rotatable bonds is 4. The van der Waals surface area contributed by atoms with Crippen molar-refractivity contribution in [3.63, 3.8) is 0 Å². The summed E-state index contributed by atoms with van der Waals surface area (Å²) < 4.78 is 5.32. The lowest BCUT2D eigenvalue weighted by molar-refractivity contribution is 0.00694. The Labute approximate surface area is 103 Å². The molecule has 0 bridgehead atoms. The molecule has 3 heteroatoms. The number of aryl methyl sites for hydroxylation is 1. The van der Waals surface area contributed by atoms with Gasteiger partial charge >= 0.3 is 5.97 Å². The summed E-state index contributed by atoms with van der Waals surface area (Å²) in [6, 6.07) is 7.54. The molecule has 0 aliphatic heterocycles. The summed E-state index contributed by atoms with van der Waals surface area (Å²) in [4.78, 5) is 11.8. The number of ether oxygens (including phenoxy) is 1. The van der Waals surface area contributed by atoms with E-state index in [4.69, 9.17) is 10.5 Å². The monoisotopic (exact) mass is 235 g/mol. The summed E-state index contributed by atoms with van der Waals surface area (Å²) in [5, 5.41) is 0. The smallest absolute Gasteiger partial charge is 0.338 e. The van der Waals surface area contributed by atoms with Crippen LogP contribution in [0.3, 0.4) is 0 Å². The van der Waals surface area contributed by atoms with E-state index in [0.717, 1.165) is 18.4 Å². The maximum atomic E-state index is 11.8. The Hall–Kier alpha value is -1.35. The van der Waals surface area contributed by atoms with Crippen LogP contribution >= 0.6 is 0 Å². The van der Waals surface area contributed by atoms with Crippen molar-refractivity contribution in [2.24, 2.45) is 5.73 Å². The number of nitrogens with two attached hydrogens (primary N) is 1. The first-order valence-corrected chi connectivity index (χ1v) is 5.95. The van der Waals surface area contributed by atoms with Gasteiger partial charge in [0, 0.05) is 0 Å². The van der Waals surface area contributed by atoms with E-state index in [1.807, 2.05) is 39.0 Å². The van der Waals surface area contributed by atoms with Crippen LogP contribution in [0.15, 0.2) is 24.3 Å². The van der Waals surface area contributed by atoms with Crippen LogP contribution in [-0.2, 0) is 11.2 Å². The first-order valence-electron chi connectivity index (χ1n) is 5.95. The number of benzene rings is 1. The summed E-state index contributed by atoms with van der Waals surface area (Å²) in [6.07, 6.45) is 1.82. The predicted octanol–water partition coefficient (Wildman–Crippen LogP) is 2.53. The molecule has 94 valence electrons. The molecule has 0 radical (unpaired) electrons. The lowest BCUT2D eigenvalue weighted by atomic mass is 10.1. The topological polar surface area (TPSA) is 52.3 Å². The Bertz CT molecular complexity index is 380. The summed E-state index contributed by atoms with van der Waals surface area (Å²) in [6.45, 7) is 6.26. The van der Waals surface area contributed by atoms with E-state index >= 15 is 0 Å². The minimum absolute atomic E-state index is 0.271. The fourth-order valence-electron chi connectivity index (χ4n) is 1.50. The molecule has 0 amide bonds. The van der Waals surface area contributed by atoms with Crippen LogP contribution in [0, 0.1) is 0 Å². The first-order chi connectivity index (χ1) is 7.92. The molecule has 0 fully saturated rings. The molecule has 1 rings (SSSR count). The van der Waals surface area contributed by atoms with Crippen molar-refractivity contribution in [3.05, 3.63) is 35.4 Å². The van der Waals surface area contributed by atoms with E-state index in [-0.39, 0.29) is 5.97 Å². The van der Waals surface area contributed by atoms with E-state index in [1.165, 1.54) is 0 Å². The van der Waals surface area contributed by atoms with Crippen LogP contribution in [-0.4, -0.2) is 18.1 Å². The number of hydrogen-bond donors (Lipinski definition) is 1. The molecule has 1 aromatic carbocycles. The quantitative estimate of drug-likeness (QED) is 0.816. The first kappa shape index (κ1) is 13.7. The standard InChI is InChI=1S/C14H21NO2/c1-14(2,3)17-13(16)12-8-4-6-11(10-12)7-5-9-15/h4,6,8,10H,5,7,9,15H2,1-3H3. The Kier molecular flexibility index (Phi) is 4.70. The van der Waals surface area contributed by atoms with Crippen molar-refractivity contribution in [2.45, 2.75) is 39.2 Å². The van der Waals surface area contributed by atoms with Crippen LogP contribution in [0.1, 0.15) is 43.1 Å². The molecule has 0 unspecified atom stereocenters. The highest BCUT2D eigenvalue weighted by atomic mass is 16.6. The highest BCUT2D eigenvalue weighted by molar-refractivity contribution is 5.89. The number of carbonyl (C=O) groups excluding carboxylic acids is 1. The summed E-state index contributed by atoms with van der Waals surface area (Å²) in [7, 11) is 0. The van der Waals surface area contributed by atoms with Gasteiger partial charge in [0.15, 0.2) is 0 Å². The van der Waals surface area contributed by atoms with E-state index in [2.05, 4.69) is 0 Å². The molecule has 2 N–H and O–H groups in total. The molecule has 0 aromatic heterocycles. The zero-order valence-corrected chi connectivity index (χ0v) is 10.8. The number of esters is 1. The zero-order chi connectivity index (χ0) is 12.9. The molecule has 0 aliphatic carbocycles. The molecule has 3 nitrogen and oxygen atoms in total. The van der Waals surface area contributed by atoms with Gasteiger partial charge in [-0.1, -0.05) is 12.1 Å². The van der Waals surface area contributed by atoms with Gasteiger partial charge in [-0.25, -0.2) is 4.79 Å². The second-order valence-corrected chi connectivity index (χ2v) is 5.09. The SMILES string of the molecule is CC(C)(C)OC(=O)c1cccc(CCCN)c1. The molecule has 0 saturated carbocycles. The molecular formula is C14H21NO2. The van der Waals surface area contributed by atoms with Gasteiger partial charge in [0.2, 0.25) is 0 Å². The fourth-order valence-corrected chi connectivity index (χ4v) is 1.50. The third-order valence-corrected chi connectivity index (χ3v) is 2.23. The van der Waals surface area contributed by atoms with E-state index in [0.29, 0.717) is 12.1 Å². The normalized spacial score (nSPS) is 11.3. The second-order valence-electron chi connectivity index (χ2n) is 5.09. The van der Waals surface area contributed by atoms with Crippen molar-refractivity contribution in [3.8, 4) is 0 Å². The molecule has 0 heterocycles. The van der Waals surface area contributed by atoms with E-state index in [1.54, 1.807) is 6.07 Å². The zero-order valence-electron chi connectivity index (χ0n) is 10.8. The Morgan fingerprint density at radius 3 is 2.65 bits per heavy atom. The van der Waals surface area contributed by atoms with Gasteiger partial charge in [-0.3, -0.25) is 0 Å². The van der Waals surface area contributed by atoms with Gasteiger partial charge in [0.25, 0.3) is 0 Å². The van der Waals surface area contributed by atoms with Gasteiger partial charge in [-0.2, -0.15) is 0 Å². The largest absolute Gasteiger partial charge is 0.456 e. The van der Waals surface area contributed by atoms with Crippen molar-refractivity contribution in [2.75, 3.05) is 6.54 Å². The molecule has 0 saturated heterocycles. The van der Waals surface area contributed by atoms with Crippen LogP contribution < -0.4 is 5.73 Å². The Morgan fingerprint density at radius 2 is 2.06 bits per heavy atom. The van der Waals surface area contributed by atoms with Crippen molar-refractivity contribution >= 4 is 5.97 Å². The van der Waals surface area contributed by atoms with Crippen LogP contribution in [0.25, 0.3) is 0 Å². The predicted molar refractivity (Wildman–Crippen MR) is 69.0 cm³/mol. The molecule has 0 spiro atoms. The molecule has 0 aliphatic rings. The van der Waals surface area contributed by atoms with Crippen molar-refractivity contribution in [1.82, 2.24) is 0 Å². The van der Waals surface area contributed by atoms with Gasteiger partial charge in [-0.05, 0) is 57.9 Å². The maximum absolute atomic E-state index is 11.8. The molecule has 17 heavy (non-hydrogen) atoms. The third kappa shape index (κ3) is 5.00. The fraction of sp³-hybridized carbons (Fsp3) is 0.500. The highest BCUT2D eigenvalue weighted by Gasteiger charge is 2.17. The minimum Gasteiger partial charge on any atom is -0.456 e. The molecular weight excluding hydrogens is 214 g/mol. The highest BCUT2D eigenvalue weighted by Crippen LogP contribution is 2.14. The van der Waals surface area contributed by atoms with Crippen LogP contribution in [0.5, 0.6) is 0 Å². The summed E-state index contributed by atoms with van der Waals surface area (Å²) >= 11 is 0. The third-order valence-electron chi connectivity index (χ3n) is 2.23. The van der Waals surface area contributed by atoms with E-state index < -0.39 is 5.60 Å². The second kappa shape index (κ2) is 5.82. The number of hydrogen-bond acceptors (Lipinski definition) is 3. The Balaban J connectivity index is 2.74. The van der Waals surface area contributed by atoms with Gasteiger partial charge in [0.05, 0.1) is 5.56 Å². The summed E-state index contributed by atoms with van der Waals surface area (Å²) in [5.41, 5.74) is 6.74. The maximum Gasteiger partial charge on any atom is 0.338 e. The van der Waals surface area contributed by atoms with Crippen LogP contribution in [0.2, 0.25) is 0 Å². The average Bonchev–Trinajstić information content (AvgIpc) is 2.24. The summed E-state index contributed by atoms with van der Waals surface area (Å²) in [5.74, 6) is -0.271. The molecule has 0 atom stereocenters. The lowest BCUT2D eigenvalue weighted by Crippen LogP contribution is -2.23. The van der Waals surface area contributed by atoms with Crippen LogP contribution in [0.4, 0.5) is 0 Å². The Morgan fingerprint density at radius 1 is 1.35 bits per heavy atom. The van der Waals surface area contributed by atoms with E-state index in [9.17, 15) is 4.79 Å². The van der Waals surface area contributed by atoms with Gasteiger partial charge < -0.3 is 10.5 Å². The number of carbonyl (C=O) groups is 1. The minimum atomic E-state index is -0.454. The van der Waals surface area contributed by atoms with Crippen molar-refractivity contribution in [1.29, 1.82) is 0 Å². The van der Waals surface area contributed by atoms with Gasteiger partial charge in [-0.15, -0.1) is 0 Å². The van der Waals surface area contributed by atoms with Crippen molar-refractivity contribution < 1.29 is 9.53 Å². The average molecular weight is 235 g/mol. The lowest BCUT2D eigenvalue weighted by Gasteiger charge is -2.19.